The third kappa shape index (κ3) is 3.96. The van der Waals surface area contributed by atoms with Gasteiger partial charge in [0.25, 0.3) is 0 Å². The minimum atomic E-state index is -4.41. The van der Waals surface area contributed by atoms with Gasteiger partial charge in [0.15, 0.2) is 0 Å². The number of carbonyl (C=O) groups is 1. The summed E-state index contributed by atoms with van der Waals surface area (Å²) in [6.45, 7) is 1.68. The maximum Gasteiger partial charge on any atom is 0.416 e. The zero-order valence-corrected chi connectivity index (χ0v) is 11.9. The van der Waals surface area contributed by atoms with E-state index in [1.807, 2.05) is 0 Å². The first kappa shape index (κ1) is 15.8. The molecule has 2 aromatic rings. The number of anilines is 1. The van der Waals surface area contributed by atoms with Gasteiger partial charge in [0.2, 0.25) is 5.95 Å². The second-order valence-electron chi connectivity index (χ2n) is 4.61. The number of benzene rings is 1. The zero-order valence-electron chi connectivity index (χ0n) is 11.9. The summed E-state index contributed by atoms with van der Waals surface area (Å²) in [6.07, 6.45) is -4.41. The molecule has 9 heteroatoms. The van der Waals surface area contributed by atoms with Crippen LogP contribution in [-0.4, -0.2) is 20.8 Å². The molecule has 6 nitrogen and oxygen atoms in total. The number of aryl methyl sites for hydroxylation is 2. The molecule has 1 heterocycles. The third-order valence-corrected chi connectivity index (χ3v) is 2.91. The molecule has 0 radical (unpaired) electrons. The van der Waals surface area contributed by atoms with Crippen molar-refractivity contribution >= 4 is 12.0 Å². The fourth-order valence-corrected chi connectivity index (χ4v) is 1.70. The largest absolute Gasteiger partial charge is 0.416 e. The highest BCUT2D eigenvalue weighted by molar-refractivity contribution is 5.87. The van der Waals surface area contributed by atoms with Crippen molar-refractivity contribution in [3.8, 4) is 0 Å². The highest BCUT2D eigenvalue weighted by Gasteiger charge is 2.30. The van der Waals surface area contributed by atoms with Crippen LogP contribution in [0, 0.1) is 6.92 Å². The van der Waals surface area contributed by atoms with E-state index >= 15 is 0 Å². The molecular weight excluding hydrogens is 299 g/mol. The Hall–Kier alpha value is -2.58. The van der Waals surface area contributed by atoms with E-state index in [0.29, 0.717) is 11.4 Å². The van der Waals surface area contributed by atoms with E-state index in [4.69, 9.17) is 0 Å². The second-order valence-corrected chi connectivity index (χ2v) is 4.61. The monoisotopic (exact) mass is 313 g/mol. The molecule has 0 atom stereocenters. The van der Waals surface area contributed by atoms with Gasteiger partial charge in [-0.1, -0.05) is 12.1 Å². The van der Waals surface area contributed by atoms with Gasteiger partial charge in [-0.3, -0.25) is 10.00 Å². The molecule has 0 bridgehead atoms. The summed E-state index contributed by atoms with van der Waals surface area (Å²) in [5.74, 6) is 0.745. The predicted molar refractivity (Wildman–Crippen MR) is 73.0 cm³/mol. The quantitative estimate of drug-likeness (QED) is 0.914. The molecule has 0 saturated heterocycles. The highest BCUT2D eigenvalue weighted by Crippen LogP contribution is 2.29. The van der Waals surface area contributed by atoms with Crippen LogP contribution >= 0.6 is 0 Å². The van der Waals surface area contributed by atoms with Crippen LogP contribution in [-0.2, 0) is 19.8 Å². The smallest absolute Gasteiger partial charge is 0.334 e. The lowest BCUT2D eigenvalue weighted by Gasteiger charge is -2.09. The maximum atomic E-state index is 12.6. The van der Waals surface area contributed by atoms with E-state index in [0.717, 1.165) is 12.1 Å². The molecule has 0 saturated carbocycles. The van der Waals surface area contributed by atoms with Crippen LogP contribution < -0.4 is 10.6 Å². The first-order chi connectivity index (χ1) is 10.3. The number of urea groups is 1. The molecule has 0 aliphatic carbocycles. The van der Waals surface area contributed by atoms with Crippen molar-refractivity contribution in [2.24, 2.45) is 7.05 Å². The molecule has 0 aliphatic heterocycles. The van der Waals surface area contributed by atoms with Crippen LogP contribution in [0.1, 0.15) is 17.0 Å². The highest BCUT2D eigenvalue weighted by atomic mass is 19.4. The van der Waals surface area contributed by atoms with Crippen molar-refractivity contribution in [1.82, 2.24) is 20.1 Å². The lowest BCUT2D eigenvalue weighted by atomic mass is 10.1. The Bertz CT molecular complexity index is 661. The number of nitrogens with zero attached hydrogens (tertiary/aromatic N) is 3. The van der Waals surface area contributed by atoms with E-state index in [1.165, 1.54) is 16.8 Å². The first-order valence-electron chi connectivity index (χ1n) is 6.34. The van der Waals surface area contributed by atoms with Gasteiger partial charge in [-0.25, -0.2) is 4.79 Å². The summed E-state index contributed by atoms with van der Waals surface area (Å²) in [5, 5.41) is 8.79. The standard InChI is InChI=1S/C13H14F3N5O/c1-8-18-11(20-21(8)2)19-12(22)17-7-9-4-3-5-10(6-9)13(14,15)16/h3-6H,7H2,1-2H3,(H2,17,19,20,22). The minimum absolute atomic E-state index is 0.0401. The van der Waals surface area contributed by atoms with E-state index in [9.17, 15) is 18.0 Å². The molecule has 1 aromatic carbocycles. The van der Waals surface area contributed by atoms with Crippen LogP contribution in [0.15, 0.2) is 24.3 Å². The van der Waals surface area contributed by atoms with E-state index in [2.05, 4.69) is 20.7 Å². The van der Waals surface area contributed by atoms with Crippen LogP contribution in [0.4, 0.5) is 23.9 Å². The molecule has 2 rings (SSSR count). The zero-order chi connectivity index (χ0) is 16.3. The van der Waals surface area contributed by atoms with Gasteiger partial charge >= 0.3 is 12.2 Å². The average molecular weight is 313 g/mol. The van der Waals surface area contributed by atoms with Crippen LogP contribution in [0.3, 0.4) is 0 Å². The third-order valence-electron chi connectivity index (χ3n) is 2.91. The van der Waals surface area contributed by atoms with Gasteiger partial charge in [0.05, 0.1) is 5.56 Å². The number of hydrogen-bond acceptors (Lipinski definition) is 3. The summed E-state index contributed by atoms with van der Waals surface area (Å²) < 4.78 is 39.2. The predicted octanol–water partition coefficient (Wildman–Crippen LogP) is 2.46. The van der Waals surface area contributed by atoms with Gasteiger partial charge < -0.3 is 5.32 Å². The van der Waals surface area contributed by atoms with Crippen LogP contribution in [0.25, 0.3) is 0 Å². The van der Waals surface area contributed by atoms with E-state index in [1.54, 1.807) is 14.0 Å². The molecule has 118 valence electrons. The number of alkyl halides is 3. The number of rotatable bonds is 3. The van der Waals surface area contributed by atoms with Crippen molar-refractivity contribution in [2.45, 2.75) is 19.6 Å². The normalized spacial score (nSPS) is 11.3. The number of hydrogen-bond donors (Lipinski definition) is 2. The summed E-state index contributed by atoms with van der Waals surface area (Å²) in [7, 11) is 1.67. The molecular formula is C13H14F3N5O. The Morgan fingerprint density at radius 3 is 2.68 bits per heavy atom. The molecule has 2 amide bonds. The Balaban J connectivity index is 1.94. The number of halogens is 3. The van der Waals surface area contributed by atoms with Gasteiger partial charge in [0, 0.05) is 13.6 Å². The van der Waals surface area contributed by atoms with Crippen LogP contribution in [0.2, 0.25) is 0 Å². The van der Waals surface area contributed by atoms with Crippen molar-refractivity contribution < 1.29 is 18.0 Å². The van der Waals surface area contributed by atoms with Crippen molar-refractivity contribution in [1.29, 1.82) is 0 Å². The van der Waals surface area contributed by atoms with Crippen molar-refractivity contribution in [3.05, 3.63) is 41.2 Å². The van der Waals surface area contributed by atoms with E-state index in [-0.39, 0.29) is 12.5 Å². The summed E-state index contributed by atoms with van der Waals surface area (Å²) in [6, 6.07) is 4.16. The molecule has 22 heavy (non-hydrogen) atoms. The maximum absolute atomic E-state index is 12.6. The molecule has 0 spiro atoms. The van der Waals surface area contributed by atoms with Crippen LogP contribution in [0.5, 0.6) is 0 Å². The number of carbonyl (C=O) groups excluding carboxylic acids is 1. The molecule has 0 unspecified atom stereocenters. The van der Waals surface area contributed by atoms with E-state index < -0.39 is 17.8 Å². The van der Waals surface area contributed by atoms with Crippen molar-refractivity contribution in [3.63, 3.8) is 0 Å². The Morgan fingerprint density at radius 1 is 1.36 bits per heavy atom. The number of aromatic nitrogens is 3. The van der Waals surface area contributed by atoms with Gasteiger partial charge in [-0.05, 0) is 24.6 Å². The molecule has 2 N–H and O–H groups in total. The summed E-state index contributed by atoms with van der Waals surface area (Å²) in [5.41, 5.74) is -0.413. The lowest BCUT2D eigenvalue weighted by molar-refractivity contribution is -0.137. The van der Waals surface area contributed by atoms with Crippen molar-refractivity contribution in [2.75, 3.05) is 5.32 Å². The average Bonchev–Trinajstić information content (AvgIpc) is 2.74. The number of amides is 2. The number of nitrogens with one attached hydrogen (secondary N) is 2. The Morgan fingerprint density at radius 2 is 2.09 bits per heavy atom. The topological polar surface area (TPSA) is 71.8 Å². The SMILES string of the molecule is Cc1nc(NC(=O)NCc2cccc(C(F)(F)F)c2)nn1C. The molecule has 0 fully saturated rings. The fourth-order valence-electron chi connectivity index (χ4n) is 1.70. The summed E-state index contributed by atoms with van der Waals surface area (Å²) in [4.78, 5) is 15.6. The summed E-state index contributed by atoms with van der Waals surface area (Å²) >= 11 is 0. The van der Waals surface area contributed by atoms with Gasteiger partial charge in [-0.2, -0.15) is 18.2 Å². The minimum Gasteiger partial charge on any atom is -0.334 e. The Kier molecular flexibility index (Phi) is 4.34. The van der Waals surface area contributed by atoms with Gasteiger partial charge in [-0.15, -0.1) is 5.10 Å². The first-order valence-corrected chi connectivity index (χ1v) is 6.34. The van der Waals surface area contributed by atoms with Gasteiger partial charge in [0.1, 0.15) is 5.82 Å². The molecule has 0 aliphatic rings. The molecule has 1 aromatic heterocycles. The lowest BCUT2D eigenvalue weighted by Crippen LogP contribution is -2.28. The second kappa shape index (κ2) is 6.04. The fraction of sp³-hybridized carbons (Fsp3) is 0.308. The Labute approximate surface area is 124 Å².